The minimum Gasteiger partial charge on any atom is -0.294 e. The highest BCUT2D eigenvalue weighted by atomic mass is 16.1. The van der Waals surface area contributed by atoms with Gasteiger partial charge in [0.05, 0.1) is 17.4 Å². The average Bonchev–Trinajstić information content (AvgIpc) is 2.68. The number of Topliss-reactive ketones (excluding diaryl/α,β-unsaturated/α-hetero) is 1. The Kier molecular flexibility index (Phi) is 2.14. The Bertz CT molecular complexity index is 445. The maximum absolute atomic E-state index is 10.9. The number of carbonyl (C=O) groups is 1. The molecule has 0 aliphatic rings. The predicted molar refractivity (Wildman–Crippen MR) is 53.3 cm³/mol. The van der Waals surface area contributed by atoms with Crippen LogP contribution in [0.5, 0.6) is 0 Å². The summed E-state index contributed by atoms with van der Waals surface area (Å²) < 4.78 is 1.65. The number of carbonyl (C=O) groups excluding carboxylic acids is 1. The van der Waals surface area contributed by atoms with Crippen molar-refractivity contribution < 1.29 is 4.79 Å². The van der Waals surface area contributed by atoms with E-state index in [9.17, 15) is 4.79 Å². The van der Waals surface area contributed by atoms with Crippen molar-refractivity contribution in [3.8, 4) is 5.69 Å². The van der Waals surface area contributed by atoms with Crippen LogP contribution in [0.4, 0.5) is 0 Å². The summed E-state index contributed by atoms with van der Waals surface area (Å²) in [5, 5.41) is 4.06. The highest BCUT2D eigenvalue weighted by Crippen LogP contribution is 2.07. The van der Waals surface area contributed by atoms with Gasteiger partial charge in [-0.15, -0.1) is 0 Å². The van der Waals surface area contributed by atoms with Crippen LogP contribution >= 0.6 is 0 Å². The van der Waals surface area contributed by atoms with E-state index >= 15 is 0 Å². The summed E-state index contributed by atoms with van der Waals surface area (Å²) in [5.74, 6) is -0.216. The molecule has 2 aromatic rings. The zero-order valence-corrected chi connectivity index (χ0v) is 7.55. The third kappa shape index (κ3) is 1.57. The van der Waals surface area contributed by atoms with Crippen LogP contribution in [-0.4, -0.2) is 15.6 Å². The number of para-hydroxylation sites is 1. The third-order valence-corrected chi connectivity index (χ3v) is 1.93. The van der Waals surface area contributed by atoms with Gasteiger partial charge < -0.3 is 0 Å². The quantitative estimate of drug-likeness (QED) is 0.669. The molecule has 0 aliphatic heterocycles. The zero-order chi connectivity index (χ0) is 9.97. The van der Waals surface area contributed by atoms with Crippen LogP contribution in [0.3, 0.4) is 0 Å². The molecule has 0 atom stereocenters. The number of hydrogen-bond donors (Lipinski definition) is 0. The fraction of sp³-hybridized carbons (Fsp3) is 0. The first kappa shape index (κ1) is 8.69. The molecule has 0 aliphatic carbocycles. The van der Waals surface area contributed by atoms with E-state index in [0.717, 1.165) is 5.69 Å². The topological polar surface area (TPSA) is 34.9 Å². The number of aromatic nitrogens is 2. The van der Waals surface area contributed by atoms with E-state index in [1.807, 2.05) is 30.3 Å². The first-order chi connectivity index (χ1) is 6.77. The minimum absolute atomic E-state index is 0.216. The maximum Gasteiger partial charge on any atom is 0.166 e. The molecule has 14 heavy (non-hydrogen) atoms. The maximum atomic E-state index is 10.9. The summed E-state index contributed by atoms with van der Waals surface area (Å²) in [5.41, 5.74) is 1.45. The Balaban J connectivity index is 2.39. The fourth-order valence-electron chi connectivity index (χ4n) is 1.19. The molecule has 0 unspecified atom stereocenters. The monoisotopic (exact) mass is 185 g/mol. The Morgan fingerprint density at radius 2 is 2.00 bits per heavy atom. The standard InChI is InChI=1S/C11H9N2O/c1-9(14)10-7-12-13(8-10)11-5-3-2-4-6-11/h2-8H,1H2. The van der Waals surface area contributed by atoms with Crippen molar-refractivity contribution in [1.29, 1.82) is 0 Å². The molecule has 1 heterocycles. The Hall–Kier alpha value is -1.90. The highest BCUT2D eigenvalue weighted by molar-refractivity contribution is 5.98. The van der Waals surface area contributed by atoms with Crippen LogP contribution in [0.25, 0.3) is 5.69 Å². The van der Waals surface area contributed by atoms with Gasteiger partial charge in [-0.25, -0.2) is 4.68 Å². The summed E-state index contributed by atoms with van der Waals surface area (Å²) in [7, 11) is 0. The van der Waals surface area contributed by atoms with Crippen molar-refractivity contribution >= 4 is 5.78 Å². The van der Waals surface area contributed by atoms with Crippen LogP contribution < -0.4 is 0 Å². The van der Waals surface area contributed by atoms with E-state index in [-0.39, 0.29) is 5.78 Å². The molecule has 3 heteroatoms. The largest absolute Gasteiger partial charge is 0.294 e. The van der Waals surface area contributed by atoms with E-state index < -0.39 is 0 Å². The minimum atomic E-state index is -0.216. The number of benzene rings is 1. The van der Waals surface area contributed by atoms with Crippen molar-refractivity contribution in [3.05, 3.63) is 55.2 Å². The molecule has 0 fully saturated rings. The number of ketones is 1. The average molecular weight is 185 g/mol. The molecule has 1 aromatic carbocycles. The lowest BCUT2D eigenvalue weighted by Crippen LogP contribution is -1.93. The van der Waals surface area contributed by atoms with E-state index in [4.69, 9.17) is 0 Å². The molecular formula is C11H9N2O. The summed E-state index contributed by atoms with van der Waals surface area (Å²) in [4.78, 5) is 10.9. The normalized spacial score (nSPS) is 10.1. The SMILES string of the molecule is [CH2]C(=O)c1cnn(-c2ccccc2)c1. The van der Waals surface area contributed by atoms with Gasteiger partial charge in [0.25, 0.3) is 0 Å². The van der Waals surface area contributed by atoms with Crippen molar-refractivity contribution in [2.75, 3.05) is 0 Å². The third-order valence-electron chi connectivity index (χ3n) is 1.93. The van der Waals surface area contributed by atoms with Gasteiger partial charge in [0, 0.05) is 13.1 Å². The summed E-state index contributed by atoms with van der Waals surface area (Å²) >= 11 is 0. The van der Waals surface area contributed by atoms with Gasteiger partial charge in [0.1, 0.15) is 0 Å². The second-order valence-electron chi connectivity index (χ2n) is 2.93. The lowest BCUT2D eigenvalue weighted by atomic mass is 10.2. The highest BCUT2D eigenvalue weighted by Gasteiger charge is 2.03. The summed E-state index contributed by atoms with van der Waals surface area (Å²) in [6, 6.07) is 9.61. The van der Waals surface area contributed by atoms with Gasteiger partial charge in [0.2, 0.25) is 0 Å². The lowest BCUT2D eigenvalue weighted by Gasteiger charge is -1.98. The number of rotatable bonds is 2. The molecule has 2 rings (SSSR count). The molecule has 1 aromatic heterocycles. The van der Waals surface area contributed by atoms with Crippen LogP contribution in [0, 0.1) is 6.92 Å². The smallest absolute Gasteiger partial charge is 0.166 e. The molecule has 0 spiro atoms. The van der Waals surface area contributed by atoms with Crippen LogP contribution in [0.1, 0.15) is 10.4 Å². The van der Waals surface area contributed by atoms with Crippen molar-refractivity contribution in [3.63, 3.8) is 0 Å². The van der Waals surface area contributed by atoms with E-state index in [2.05, 4.69) is 12.0 Å². The van der Waals surface area contributed by atoms with Crippen LogP contribution in [0.2, 0.25) is 0 Å². The second kappa shape index (κ2) is 3.46. The Morgan fingerprint density at radius 3 is 2.57 bits per heavy atom. The van der Waals surface area contributed by atoms with E-state index in [1.54, 1.807) is 10.9 Å². The van der Waals surface area contributed by atoms with E-state index in [0.29, 0.717) is 5.56 Å². The van der Waals surface area contributed by atoms with Gasteiger partial charge in [-0.1, -0.05) is 18.2 Å². The summed E-state index contributed by atoms with van der Waals surface area (Å²) in [6.07, 6.45) is 3.19. The predicted octanol–water partition coefficient (Wildman–Crippen LogP) is 1.89. The molecule has 0 amide bonds. The van der Waals surface area contributed by atoms with Crippen molar-refractivity contribution in [2.45, 2.75) is 0 Å². The molecule has 0 bridgehead atoms. The molecule has 69 valence electrons. The number of hydrogen-bond acceptors (Lipinski definition) is 2. The van der Waals surface area contributed by atoms with Crippen molar-refractivity contribution in [2.24, 2.45) is 0 Å². The van der Waals surface area contributed by atoms with Crippen LogP contribution in [-0.2, 0) is 0 Å². The van der Waals surface area contributed by atoms with E-state index in [1.165, 1.54) is 6.20 Å². The summed E-state index contributed by atoms with van der Waals surface area (Å²) in [6.45, 7) is 3.32. The fourth-order valence-corrected chi connectivity index (χ4v) is 1.19. The molecular weight excluding hydrogens is 176 g/mol. The molecule has 3 nitrogen and oxygen atoms in total. The van der Waals surface area contributed by atoms with Gasteiger partial charge in [-0.2, -0.15) is 5.10 Å². The molecule has 0 N–H and O–H groups in total. The molecule has 0 saturated heterocycles. The van der Waals surface area contributed by atoms with Gasteiger partial charge in [-0.3, -0.25) is 4.79 Å². The molecule has 0 saturated carbocycles. The van der Waals surface area contributed by atoms with Gasteiger partial charge >= 0.3 is 0 Å². The van der Waals surface area contributed by atoms with Crippen LogP contribution in [0.15, 0.2) is 42.7 Å². The van der Waals surface area contributed by atoms with Gasteiger partial charge in [-0.05, 0) is 12.1 Å². The number of nitrogens with zero attached hydrogens (tertiary/aromatic N) is 2. The molecule has 1 radical (unpaired) electrons. The first-order valence-corrected chi connectivity index (χ1v) is 4.24. The van der Waals surface area contributed by atoms with Gasteiger partial charge in [0.15, 0.2) is 5.78 Å². The first-order valence-electron chi connectivity index (χ1n) is 4.24. The zero-order valence-electron chi connectivity index (χ0n) is 7.55. The Morgan fingerprint density at radius 1 is 1.29 bits per heavy atom. The Labute approximate surface area is 82.0 Å². The lowest BCUT2D eigenvalue weighted by molar-refractivity contribution is 0.104. The van der Waals surface area contributed by atoms with Crippen molar-refractivity contribution in [1.82, 2.24) is 9.78 Å². The second-order valence-corrected chi connectivity index (χ2v) is 2.93.